The lowest BCUT2D eigenvalue weighted by atomic mass is 10.0. The zero-order chi connectivity index (χ0) is 20.6. The maximum atomic E-state index is 11.6. The molecule has 4 atom stereocenters. The number of ether oxygens (including phenoxy) is 3. The summed E-state index contributed by atoms with van der Waals surface area (Å²) in [5, 5.41) is 0. The number of carbonyl (C=O) groups excluding carboxylic acids is 3. The fourth-order valence-electron chi connectivity index (χ4n) is 2.90. The first-order valence-corrected chi connectivity index (χ1v) is 9.05. The second-order valence-electron chi connectivity index (χ2n) is 7.72. The van der Waals surface area contributed by atoms with Crippen LogP contribution in [0.2, 0.25) is 0 Å². The Kier molecular flexibility index (Phi) is 11.1. The Hall–Kier alpha value is -1.86. The molecule has 0 radical (unpaired) electrons. The summed E-state index contributed by atoms with van der Waals surface area (Å²) in [4.78, 5) is 33.7. The van der Waals surface area contributed by atoms with Crippen LogP contribution in [0, 0.1) is 17.8 Å². The second-order valence-corrected chi connectivity index (χ2v) is 7.72. The molecular weight excluding hydrogens is 386 g/mol. The summed E-state index contributed by atoms with van der Waals surface area (Å²) >= 11 is 0. The van der Waals surface area contributed by atoms with Crippen molar-refractivity contribution in [2.75, 3.05) is 14.2 Å². The van der Waals surface area contributed by atoms with E-state index in [1.807, 2.05) is 32.9 Å². The molecule has 0 spiro atoms. The number of hydrogen-bond acceptors (Lipinski definition) is 7. The molecule has 0 heterocycles. The number of allylic oxidation sites excluding steroid dienone is 1. The van der Waals surface area contributed by atoms with Gasteiger partial charge in [-0.05, 0) is 39.5 Å². The van der Waals surface area contributed by atoms with Gasteiger partial charge in [-0.1, -0.05) is 24.3 Å². The van der Waals surface area contributed by atoms with Gasteiger partial charge in [-0.15, -0.1) is 12.4 Å². The molecule has 0 saturated heterocycles. The molecule has 0 saturated carbocycles. The molecule has 0 amide bonds. The summed E-state index contributed by atoms with van der Waals surface area (Å²) in [5.74, 6) is -0.906. The van der Waals surface area contributed by atoms with Crippen LogP contribution in [0.15, 0.2) is 24.3 Å². The van der Waals surface area contributed by atoms with Crippen molar-refractivity contribution in [2.45, 2.75) is 51.7 Å². The third-order valence-electron chi connectivity index (χ3n) is 4.15. The van der Waals surface area contributed by atoms with E-state index < -0.39 is 5.60 Å². The number of esters is 3. The van der Waals surface area contributed by atoms with Crippen LogP contribution in [-0.2, 0) is 28.6 Å². The Morgan fingerprint density at radius 3 is 1.86 bits per heavy atom. The van der Waals surface area contributed by atoms with Crippen molar-refractivity contribution in [3.8, 4) is 0 Å². The average molecular weight is 418 g/mol. The summed E-state index contributed by atoms with van der Waals surface area (Å²) < 4.78 is 14.4. The number of halogens is 1. The smallest absolute Gasteiger partial charge is 0.312 e. The van der Waals surface area contributed by atoms with Crippen molar-refractivity contribution in [1.82, 2.24) is 0 Å². The molecule has 0 aromatic heterocycles. The van der Waals surface area contributed by atoms with Gasteiger partial charge in [-0.3, -0.25) is 14.4 Å². The Morgan fingerprint density at radius 2 is 1.43 bits per heavy atom. The lowest BCUT2D eigenvalue weighted by Crippen LogP contribution is -2.25. The predicted octanol–water partition coefficient (Wildman–Crippen LogP) is 2.57. The highest BCUT2D eigenvalue weighted by Gasteiger charge is 2.28. The van der Waals surface area contributed by atoms with Crippen LogP contribution in [0.25, 0.3) is 0 Å². The number of methoxy groups -OCH3 is 2. The number of rotatable bonds is 4. The summed E-state index contributed by atoms with van der Waals surface area (Å²) in [6.45, 7) is 5.52. The highest BCUT2D eigenvalue weighted by molar-refractivity contribution is 5.85. The molecule has 0 bridgehead atoms. The third kappa shape index (κ3) is 9.37. The molecule has 0 aromatic rings. The molecule has 0 aliphatic heterocycles. The van der Waals surface area contributed by atoms with Crippen LogP contribution >= 0.6 is 12.4 Å². The van der Waals surface area contributed by atoms with Crippen molar-refractivity contribution < 1.29 is 28.6 Å². The Morgan fingerprint density at radius 1 is 0.929 bits per heavy atom. The Labute approximate surface area is 173 Å². The van der Waals surface area contributed by atoms with Gasteiger partial charge in [0.1, 0.15) is 5.60 Å². The highest BCUT2D eigenvalue weighted by Crippen LogP contribution is 2.27. The summed E-state index contributed by atoms with van der Waals surface area (Å²) in [5.41, 5.74) is 5.07. The average Bonchev–Trinajstić information content (AvgIpc) is 3.21. The van der Waals surface area contributed by atoms with E-state index in [0.29, 0.717) is 19.3 Å². The lowest BCUT2D eigenvalue weighted by molar-refractivity contribution is -0.156. The molecule has 7 nitrogen and oxygen atoms in total. The van der Waals surface area contributed by atoms with E-state index >= 15 is 0 Å². The van der Waals surface area contributed by atoms with E-state index in [-0.39, 0.29) is 54.1 Å². The third-order valence-corrected chi connectivity index (χ3v) is 4.15. The SMILES string of the molecule is COC(=O)[C@H]1C=C[C@@H](CC(=O)OC(C)(C)C)C1.COC(=O)[C@H]1C=C[C@@H](N)C1.Cl. The molecule has 2 aliphatic rings. The standard InChI is InChI=1S/C13H20O4.C7H11NO2.ClH/c1-13(2,3)17-11(14)8-9-5-6-10(7-9)12(15)16-4;1-10-7(9)5-2-3-6(8)4-5;/h5-6,9-10H,7-8H2,1-4H3;2-3,5-6H,4,8H2,1H3;1H/t9-,10+;5-,6+;/m10./s1. The fourth-order valence-corrected chi connectivity index (χ4v) is 2.90. The van der Waals surface area contributed by atoms with Crippen molar-refractivity contribution in [3.63, 3.8) is 0 Å². The Balaban J connectivity index is 0.000000567. The maximum absolute atomic E-state index is 11.6. The van der Waals surface area contributed by atoms with E-state index in [1.165, 1.54) is 14.2 Å². The monoisotopic (exact) mass is 417 g/mol. The lowest BCUT2D eigenvalue weighted by Gasteiger charge is -2.20. The minimum Gasteiger partial charge on any atom is -0.469 e. The van der Waals surface area contributed by atoms with Gasteiger partial charge in [0.15, 0.2) is 0 Å². The van der Waals surface area contributed by atoms with Gasteiger partial charge in [0.05, 0.1) is 32.5 Å². The number of nitrogens with two attached hydrogens (primary N) is 1. The van der Waals surface area contributed by atoms with Crippen LogP contribution in [0.4, 0.5) is 0 Å². The van der Waals surface area contributed by atoms with Gasteiger partial charge in [0, 0.05) is 6.04 Å². The fraction of sp³-hybridized carbons (Fsp3) is 0.650. The van der Waals surface area contributed by atoms with E-state index in [9.17, 15) is 14.4 Å². The molecule has 28 heavy (non-hydrogen) atoms. The minimum atomic E-state index is -0.457. The topological polar surface area (TPSA) is 105 Å². The second kappa shape index (κ2) is 11.9. The van der Waals surface area contributed by atoms with Crippen molar-refractivity contribution >= 4 is 30.3 Å². The first kappa shape index (κ1) is 26.1. The highest BCUT2D eigenvalue weighted by atomic mass is 35.5. The predicted molar refractivity (Wildman–Crippen MR) is 108 cm³/mol. The zero-order valence-electron chi connectivity index (χ0n) is 17.2. The Bertz CT molecular complexity index is 596. The van der Waals surface area contributed by atoms with Crippen LogP contribution in [0.5, 0.6) is 0 Å². The van der Waals surface area contributed by atoms with Gasteiger partial charge in [0.25, 0.3) is 0 Å². The quantitative estimate of drug-likeness (QED) is 0.425. The van der Waals surface area contributed by atoms with Gasteiger partial charge in [-0.25, -0.2) is 0 Å². The minimum absolute atomic E-state index is 0. The molecule has 160 valence electrons. The molecule has 0 aromatic carbocycles. The molecule has 2 N–H and O–H groups in total. The van der Waals surface area contributed by atoms with Crippen LogP contribution < -0.4 is 5.73 Å². The van der Waals surface area contributed by atoms with Crippen molar-refractivity contribution in [1.29, 1.82) is 0 Å². The first-order valence-electron chi connectivity index (χ1n) is 9.05. The van der Waals surface area contributed by atoms with Crippen LogP contribution in [-0.4, -0.2) is 43.8 Å². The van der Waals surface area contributed by atoms with Crippen LogP contribution in [0.3, 0.4) is 0 Å². The molecule has 2 rings (SSSR count). The molecule has 2 aliphatic carbocycles. The normalized spacial score (nSPS) is 25.2. The number of carbonyl (C=O) groups is 3. The van der Waals surface area contributed by atoms with E-state index in [1.54, 1.807) is 12.2 Å². The van der Waals surface area contributed by atoms with Gasteiger partial charge in [0.2, 0.25) is 0 Å². The van der Waals surface area contributed by atoms with E-state index in [0.717, 1.165) is 0 Å². The summed E-state index contributed by atoms with van der Waals surface area (Å²) in [6.07, 6.45) is 8.98. The summed E-state index contributed by atoms with van der Waals surface area (Å²) in [7, 11) is 2.76. The molecular formula is C20H32ClNO6. The maximum Gasteiger partial charge on any atom is 0.312 e. The van der Waals surface area contributed by atoms with Gasteiger partial charge < -0.3 is 19.9 Å². The van der Waals surface area contributed by atoms with Crippen molar-refractivity contribution in [3.05, 3.63) is 24.3 Å². The van der Waals surface area contributed by atoms with E-state index in [4.69, 9.17) is 10.5 Å². The first-order chi connectivity index (χ1) is 12.6. The van der Waals surface area contributed by atoms with Crippen molar-refractivity contribution in [2.24, 2.45) is 23.5 Å². The van der Waals surface area contributed by atoms with Gasteiger partial charge >= 0.3 is 17.9 Å². The molecule has 8 heteroatoms. The van der Waals surface area contributed by atoms with E-state index in [2.05, 4.69) is 9.47 Å². The summed E-state index contributed by atoms with van der Waals surface area (Å²) in [6, 6.07) is 0.0316. The van der Waals surface area contributed by atoms with Gasteiger partial charge in [-0.2, -0.15) is 0 Å². The zero-order valence-corrected chi connectivity index (χ0v) is 18.0. The van der Waals surface area contributed by atoms with Crippen LogP contribution in [0.1, 0.15) is 40.0 Å². The number of hydrogen-bond donors (Lipinski definition) is 1. The molecule has 0 unspecified atom stereocenters. The molecule has 0 fully saturated rings. The largest absolute Gasteiger partial charge is 0.469 e.